The van der Waals surface area contributed by atoms with Crippen LogP contribution in [-0.4, -0.2) is 56.1 Å². The van der Waals surface area contributed by atoms with Gasteiger partial charge in [0.05, 0.1) is 26.9 Å². The minimum Gasteiger partial charge on any atom is -0.493 e. The molecule has 1 rings (SSSR count). The molecule has 5 heteroatoms. The van der Waals surface area contributed by atoms with Crippen molar-refractivity contribution < 1.29 is 19.3 Å². The number of ether oxygens (including phenoxy) is 3. The van der Waals surface area contributed by atoms with Gasteiger partial charge in [-0.1, -0.05) is 26.8 Å². The zero-order valence-electron chi connectivity index (χ0n) is 16.6. The Morgan fingerprint density at radius 1 is 1.04 bits per heavy atom. The second kappa shape index (κ2) is 11.3. The van der Waals surface area contributed by atoms with E-state index in [1.54, 1.807) is 14.2 Å². The quantitative estimate of drug-likeness (QED) is 0.625. The van der Waals surface area contributed by atoms with Crippen molar-refractivity contribution in [1.29, 1.82) is 0 Å². The molecular formula is C20H35NO4. The predicted octanol–water partition coefficient (Wildman–Crippen LogP) is 3.34. The van der Waals surface area contributed by atoms with Gasteiger partial charge in [0.25, 0.3) is 0 Å². The third kappa shape index (κ3) is 7.63. The van der Waals surface area contributed by atoms with Crippen molar-refractivity contribution in [2.24, 2.45) is 5.92 Å². The van der Waals surface area contributed by atoms with Gasteiger partial charge in [0.15, 0.2) is 11.5 Å². The molecule has 0 radical (unpaired) electrons. The lowest BCUT2D eigenvalue weighted by Crippen LogP contribution is -2.40. The topological polar surface area (TPSA) is 51.2 Å². The van der Waals surface area contributed by atoms with Crippen LogP contribution >= 0.6 is 0 Å². The molecule has 0 saturated heterocycles. The van der Waals surface area contributed by atoms with Crippen LogP contribution in [-0.2, 0) is 11.3 Å². The van der Waals surface area contributed by atoms with Crippen molar-refractivity contribution in [2.45, 2.75) is 52.8 Å². The summed E-state index contributed by atoms with van der Waals surface area (Å²) in [5.41, 5.74) is 1.13. The van der Waals surface area contributed by atoms with Crippen LogP contribution in [0.5, 0.6) is 11.5 Å². The van der Waals surface area contributed by atoms with Crippen molar-refractivity contribution in [3.63, 3.8) is 0 Å². The number of benzene rings is 1. The molecule has 0 fully saturated rings. The monoisotopic (exact) mass is 353 g/mol. The Bertz CT molecular complexity index is 493. The summed E-state index contributed by atoms with van der Waals surface area (Å²) in [6.45, 7) is 10.9. The molecular weight excluding hydrogens is 318 g/mol. The van der Waals surface area contributed by atoms with E-state index in [1.807, 2.05) is 18.2 Å². The first-order valence-electron chi connectivity index (χ1n) is 9.11. The van der Waals surface area contributed by atoms with Crippen molar-refractivity contribution in [1.82, 2.24) is 4.90 Å². The Labute approximate surface area is 152 Å². The van der Waals surface area contributed by atoms with Gasteiger partial charge < -0.3 is 19.3 Å². The molecule has 0 saturated carbocycles. The first kappa shape index (κ1) is 21.7. The van der Waals surface area contributed by atoms with Crippen molar-refractivity contribution in [3.05, 3.63) is 23.8 Å². The second-order valence-corrected chi connectivity index (χ2v) is 6.96. The van der Waals surface area contributed by atoms with Gasteiger partial charge in [-0.2, -0.15) is 0 Å². The lowest BCUT2D eigenvalue weighted by atomic mass is 10.1. The molecule has 25 heavy (non-hydrogen) atoms. The fraction of sp³-hybridized carbons (Fsp3) is 0.700. The molecule has 0 aromatic heterocycles. The van der Waals surface area contributed by atoms with E-state index in [0.717, 1.165) is 30.0 Å². The molecule has 2 atom stereocenters. The van der Waals surface area contributed by atoms with E-state index in [2.05, 4.69) is 32.6 Å². The van der Waals surface area contributed by atoms with E-state index in [9.17, 15) is 5.11 Å². The molecule has 0 bridgehead atoms. The van der Waals surface area contributed by atoms with Crippen molar-refractivity contribution in [2.75, 3.05) is 34.0 Å². The highest BCUT2D eigenvalue weighted by Crippen LogP contribution is 2.28. The number of hydrogen-bond donors (Lipinski definition) is 1. The Hall–Kier alpha value is -1.30. The molecule has 0 aliphatic heterocycles. The number of nitrogens with zero attached hydrogens (tertiary/aromatic N) is 1. The third-order valence-corrected chi connectivity index (χ3v) is 4.25. The van der Waals surface area contributed by atoms with Crippen LogP contribution in [0.15, 0.2) is 18.2 Å². The predicted molar refractivity (Wildman–Crippen MR) is 101 cm³/mol. The summed E-state index contributed by atoms with van der Waals surface area (Å²) in [6, 6.07) is 6.33. The van der Waals surface area contributed by atoms with Gasteiger partial charge >= 0.3 is 0 Å². The summed E-state index contributed by atoms with van der Waals surface area (Å²) >= 11 is 0. The van der Waals surface area contributed by atoms with Crippen LogP contribution in [0.3, 0.4) is 0 Å². The van der Waals surface area contributed by atoms with Crippen LogP contribution in [0, 0.1) is 5.92 Å². The van der Waals surface area contributed by atoms with Gasteiger partial charge in [0, 0.05) is 25.7 Å². The molecule has 1 N–H and O–H groups in total. The summed E-state index contributed by atoms with van der Waals surface area (Å²) in [5, 5.41) is 10.3. The summed E-state index contributed by atoms with van der Waals surface area (Å²) in [6.07, 6.45) is 0.528. The molecule has 0 amide bonds. The Balaban J connectivity index is 2.72. The molecule has 0 spiro atoms. The van der Waals surface area contributed by atoms with E-state index >= 15 is 0 Å². The molecule has 0 aliphatic carbocycles. The lowest BCUT2D eigenvalue weighted by molar-refractivity contribution is 0.000111. The van der Waals surface area contributed by atoms with E-state index in [4.69, 9.17) is 14.2 Å². The normalized spacial score (nSPS) is 14.0. The second-order valence-electron chi connectivity index (χ2n) is 6.96. The van der Waals surface area contributed by atoms with Crippen molar-refractivity contribution in [3.8, 4) is 11.5 Å². The number of methoxy groups -OCH3 is 2. The maximum Gasteiger partial charge on any atom is 0.161 e. The Kier molecular flexibility index (Phi) is 9.86. The molecule has 1 aromatic rings. The van der Waals surface area contributed by atoms with Gasteiger partial charge in [-0.05, 0) is 37.0 Å². The average molecular weight is 354 g/mol. The van der Waals surface area contributed by atoms with Gasteiger partial charge in [-0.25, -0.2) is 0 Å². The molecule has 0 aliphatic rings. The fourth-order valence-corrected chi connectivity index (χ4v) is 2.64. The van der Waals surface area contributed by atoms with Crippen molar-refractivity contribution >= 4 is 0 Å². The smallest absolute Gasteiger partial charge is 0.161 e. The summed E-state index contributed by atoms with van der Waals surface area (Å²) in [5.74, 6) is 1.93. The van der Waals surface area contributed by atoms with Crippen LogP contribution in [0.25, 0.3) is 0 Å². The van der Waals surface area contributed by atoms with Gasteiger partial charge in [-0.15, -0.1) is 0 Å². The van der Waals surface area contributed by atoms with E-state index < -0.39 is 6.10 Å². The SMILES string of the molecule is CCC(C)N(Cc1ccc(OC)c(OC)c1)CC(O)COCC(C)C. The number of rotatable bonds is 12. The summed E-state index contributed by atoms with van der Waals surface area (Å²) in [7, 11) is 3.28. The van der Waals surface area contributed by atoms with Gasteiger partial charge in [-0.3, -0.25) is 4.90 Å². The molecule has 5 nitrogen and oxygen atoms in total. The van der Waals surface area contributed by atoms with Crippen LogP contribution in [0.4, 0.5) is 0 Å². The molecule has 2 unspecified atom stereocenters. The van der Waals surface area contributed by atoms with Gasteiger partial charge in [0.2, 0.25) is 0 Å². The first-order valence-corrected chi connectivity index (χ1v) is 9.11. The van der Waals surface area contributed by atoms with Crippen LogP contribution < -0.4 is 9.47 Å². The van der Waals surface area contributed by atoms with Crippen LogP contribution in [0.1, 0.15) is 39.7 Å². The molecule has 0 heterocycles. The largest absolute Gasteiger partial charge is 0.493 e. The average Bonchev–Trinajstić information content (AvgIpc) is 2.59. The first-order chi connectivity index (χ1) is 11.9. The zero-order chi connectivity index (χ0) is 18.8. The Morgan fingerprint density at radius 2 is 1.72 bits per heavy atom. The van der Waals surface area contributed by atoms with Gasteiger partial charge in [0.1, 0.15) is 0 Å². The minimum atomic E-state index is -0.493. The number of aliphatic hydroxyl groups is 1. The highest BCUT2D eigenvalue weighted by atomic mass is 16.5. The van der Waals surface area contributed by atoms with E-state index in [-0.39, 0.29) is 0 Å². The van der Waals surface area contributed by atoms with Crippen LogP contribution in [0.2, 0.25) is 0 Å². The third-order valence-electron chi connectivity index (χ3n) is 4.25. The maximum absolute atomic E-state index is 10.3. The van der Waals surface area contributed by atoms with E-state index in [0.29, 0.717) is 31.7 Å². The molecule has 1 aromatic carbocycles. The fourth-order valence-electron chi connectivity index (χ4n) is 2.64. The highest BCUT2D eigenvalue weighted by Gasteiger charge is 2.18. The zero-order valence-corrected chi connectivity index (χ0v) is 16.6. The summed E-state index contributed by atoms with van der Waals surface area (Å²) in [4.78, 5) is 2.28. The molecule has 144 valence electrons. The highest BCUT2D eigenvalue weighted by molar-refractivity contribution is 5.42. The maximum atomic E-state index is 10.3. The number of hydrogen-bond acceptors (Lipinski definition) is 5. The minimum absolute atomic E-state index is 0.368. The summed E-state index contributed by atoms with van der Waals surface area (Å²) < 4.78 is 16.3. The lowest BCUT2D eigenvalue weighted by Gasteiger charge is -2.30. The number of aliphatic hydroxyl groups excluding tert-OH is 1. The van der Waals surface area contributed by atoms with E-state index in [1.165, 1.54) is 0 Å². The standard InChI is InChI=1S/C20H35NO4/c1-7-16(4)21(12-18(22)14-25-13-15(2)3)11-17-8-9-19(23-5)20(10-17)24-6/h8-10,15-16,18,22H,7,11-14H2,1-6H3. The Morgan fingerprint density at radius 3 is 2.28 bits per heavy atom.